The van der Waals surface area contributed by atoms with Crippen molar-refractivity contribution in [2.75, 3.05) is 26.2 Å². The number of piperidine rings is 1. The number of morpholine rings is 1. The molecule has 7 aliphatic heterocycles. The third-order valence-corrected chi connectivity index (χ3v) is 7.91. The first-order chi connectivity index (χ1) is 14.1. The van der Waals surface area contributed by atoms with Gasteiger partial charge in [-0.05, 0) is 56.9 Å². The van der Waals surface area contributed by atoms with Crippen LogP contribution in [0.4, 0.5) is 8.78 Å². The van der Waals surface area contributed by atoms with E-state index in [1.54, 1.807) is 6.92 Å². The number of nitrogens with zero attached hydrogens (tertiary/aromatic N) is 2. The van der Waals surface area contributed by atoms with Crippen LogP contribution < -0.4 is 0 Å². The predicted octanol–water partition coefficient (Wildman–Crippen LogP) is 2.78. The van der Waals surface area contributed by atoms with Crippen LogP contribution in [0.15, 0.2) is 18.2 Å². The molecular formula is C19H23F2N2O6P. The maximum Gasteiger partial charge on any atom is 0.485 e. The molecule has 3 bridgehead atoms. The molecule has 1 amide bonds. The SMILES string of the molecule is CCN1C(=O)[C@]2(C)OC3(CCN(CCc4cc(F)ccc4F)CC3)C13OP(=O)(O3)O2. The standard InChI is InChI=1S/C19H23F2N2O6P/c1-3-23-16(24)17(2)26-18(19(23)28-30(25,27-17)29-19)7-10-22(11-8-18)9-6-13-12-14(20)4-5-15(13)21/h4-5,12H,3,6-11H2,1-2H3/t17-,19?,30?/m1/s1. The summed E-state index contributed by atoms with van der Waals surface area (Å²) in [6, 6.07) is 3.44. The number of hydrogen-bond donors (Lipinski definition) is 0. The summed E-state index contributed by atoms with van der Waals surface area (Å²) in [5.41, 5.74) is -0.703. The second kappa shape index (κ2) is 6.54. The van der Waals surface area contributed by atoms with Crippen molar-refractivity contribution in [1.29, 1.82) is 0 Å². The molecule has 0 aromatic heterocycles. The summed E-state index contributed by atoms with van der Waals surface area (Å²) < 4.78 is 62.8. The minimum atomic E-state index is -3.85. The number of benzene rings is 1. The van der Waals surface area contributed by atoms with Crippen molar-refractivity contribution in [3.05, 3.63) is 35.4 Å². The molecule has 2 spiro atoms. The molecule has 7 saturated heterocycles. The quantitative estimate of drug-likeness (QED) is 0.661. The van der Waals surface area contributed by atoms with E-state index >= 15 is 0 Å². The number of likely N-dealkylation sites (tertiary alicyclic amines) is 1. The third kappa shape index (κ3) is 2.75. The summed E-state index contributed by atoms with van der Waals surface area (Å²) in [6.07, 6.45) is 1.23. The number of phosphoric acid groups is 1. The Morgan fingerprint density at radius 3 is 2.53 bits per heavy atom. The number of hydrogen-bond acceptors (Lipinski definition) is 7. The van der Waals surface area contributed by atoms with Crippen LogP contribution in [-0.2, 0) is 34.1 Å². The minimum absolute atomic E-state index is 0.283. The first kappa shape index (κ1) is 20.5. The highest BCUT2D eigenvalue weighted by Crippen LogP contribution is 2.76. The smallest absolute Gasteiger partial charge is 0.327 e. The van der Waals surface area contributed by atoms with Crippen molar-refractivity contribution in [2.45, 2.75) is 50.4 Å². The van der Waals surface area contributed by atoms with Crippen LogP contribution in [0, 0.1) is 11.6 Å². The highest BCUT2D eigenvalue weighted by atomic mass is 31.2. The number of carbonyl (C=O) groups excluding carboxylic acids is 1. The molecule has 7 heterocycles. The summed E-state index contributed by atoms with van der Waals surface area (Å²) in [7, 11) is -3.85. The summed E-state index contributed by atoms with van der Waals surface area (Å²) >= 11 is 0. The first-order valence-electron chi connectivity index (χ1n) is 10.1. The number of amides is 1. The van der Waals surface area contributed by atoms with Crippen molar-refractivity contribution < 1.29 is 36.4 Å². The highest BCUT2D eigenvalue weighted by molar-refractivity contribution is 7.49. The number of rotatable bonds is 4. The molecule has 11 heteroatoms. The molecule has 1 atom stereocenters. The Morgan fingerprint density at radius 2 is 1.87 bits per heavy atom. The fourth-order valence-corrected chi connectivity index (χ4v) is 6.68. The molecule has 1 aromatic carbocycles. The fraction of sp³-hybridized carbons (Fsp3) is 0.632. The average molecular weight is 444 g/mol. The van der Waals surface area contributed by atoms with E-state index < -0.39 is 42.7 Å². The van der Waals surface area contributed by atoms with Gasteiger partial charge in [0, 0.05) is 26.2 Å². The normalized spacial score (nSPS) is 37.3. The van der Waals surface area contributed by atoms with E-state index in [1.807, 2.05) is 0 Å². The maximum absolute atomic E-state index is 13.9. The number of halogens is 2. The van der Waals surface area contributed by atoms with Gasteiger partial charge in [-0.15, -0.1) is 0 Å². The lowest BCUT2D eigenvalue weighted by Gasteiger charge is -2.60. The van der Waals surface area contributed by atoms with E-state index in [1.165, 1.54) is 17.9 Å². The molecule has 0 saturated carbocycles. The van der Waals surface area contributed by atoms with Crippen LogP contribution in [0.3, 0.4) is 0 Å². The van der Waals surface area contributed by atoms with Gasteiger partial charge in [-0.25, -0.2) is 26.9 Å². The second-order valence-corrected chi connectivity index (χ2v) is 9.66. The zero-order valence-corrected chi connectivity index (χ0v) is 17.6. The predicted molar refractivity (Wildman–Crippen MR) is 98.9 cm³/mol. The minimum Gasteiger partial charge on any atom is -0.327 e. The van der Waals surface area contributed by atoms with E-state index in [0.29, 0.717) is 44.5 Å². The van der Waals surface area contributed by atoms with E-state index in [4.69, 9.17) is 18.3 Å². The second-order valence-electron chi connectivity index (χ2n) is 8.22. The number of likely N-dealkylation sites (N-methyl/N-ethyl adjacent to an activating group) is 1. The molecule has 164 valence electrons. The van der Waals surface area contributed by atoms with E-state index in [9.17, 15) is 18.1 Å². The molecule has 30 heavy (non-hydrogen) atoms. The lowest BCUT2D eigenvalue weighted by molar-refractivity contribution is -0.396. The van der Waals surface area contributed by atoms with Gasteiger partial charge in [-0.1, -0.05) is 0 Å². The summed E-state index contributed by atoms with van der Waals surface area (Å²) in [4.78, 5) is 16.4. The maximum atomic E-state index is 13.9. The van der Waals surface area contributed by atoms with Gasteiger partial charge in [-0.3, -0.25) is 9.69 Å². The third-order valence-electron chi connectivity index (χ3n) is 6.40. The molecular weight excluding hydrogens is 421 g/mol. The molecule has 0 N–H and O–H groups in total. The Bertz CT molecular complexity index is 943. The fourth-order valence-electron chi connectivity index (χ4n) is 4.91. The lowest BCUT2D eigenvalue weighted by Crippen LogP contribution is -2.78. The zero-order valence-electron chi connectivity index (χ0n) is 16.7. The van der Waals surface area contributed by atoms with Crippen LogP contribution in [0.1, 0.15) is 32.3 Å². The monoisotopic (exact) mass is 444 g/mol. The van der Waals surface area contributed by atoms with Crippen LogP contribution in [0.2, 0.25) is 0 Å². The van der Waals surface area contributed by atoms with Gasteiger partial charge in [-0.2, -0.15) is 0 Å². The van der Waals surface area contributed by atoms with Crippen molar-refractivity contribution >= 4 is 13.7 Å². The average Bonchev–Trinajstić information content (AvgIpc) is 2.88. The molecule has 8 nitrogen and oxygen atoms in total. The van der Waals surface area contributed by atoms with Gasteiger partial charge in [0.05, 0.1) is 0 Å². The van der Waals surface area contributed by atoms with Crippen molar-refractivity contribution in [3.63, 3.8) is 0 Å². The van der Waals surface area contributed by atoms with Crippen molar-refractivity contribution in [1.82, 2.24) is 9.80 Å². The molecule has 0 unspecified atom stereocenters. The summed E-state index contributed by atoms with van der Waals surface area (Å²) in [5, 5.41) is 0. The Labute approximate surface area is 172 Å². The van der Waals surface area contributed by atoms with E-state index in [-0.39, 0.29) is 6.54 Å². The number of ether oxygens (including phenoxy) is 1. The number of phosphoric ester groups is 1. The highest BCUT2D eigenvalue weighted by Gasteiger charge is 2.83. The first-order valence-corrected chi connectivity index (χ1v) is 11.5. The van der Waals surface area contributed by atoms with Crippen LogP contribution in [0.25, 0.3) is 0 Å². The van der Waals surface area contributed by atoms with Gasteiger partial charge in [0.1, 0.15) is 11.6 Å². The molecule has 0 aliphatic carbocycles. The summed E-state index contributed by atoms with van der Waals surface area (Å²) in [5.74, 6) is -4.68. The topological polar surface area (TPSA) is 77.5 Å². The molecule has 7 aliphatic rings. The molecule has 7 fully saturated rings. The Balaban J connectivity index is 1.34. The Morgan fingerprint density at radius 1 is 1.17 bits per heavy atom. The van der Waals surface area contributed by atoms with Gasteiger partial charge < -0.3 is 9.64 Å². The van der Waals surface area contributed by atoms with E-state index in [2.05, 4.69) is 4.90 Å². The Hall–Kier alpha value is -1.42. The zero-order chi connectivity index (χ0) is 21.4. The van der Waals surface area contributed by atoms with Crippen LogP contribution in [-0.4, -0.2) is 59.2 Å². The Kier molecular flexibility index (Phi) is 4.47. The largest absolute Gasteiger partial charge is 0.485 e. The van der Waals surface area contributed by atoms with Crippen molar-refractivity contribution in [2.24, 2.45) is 0 Å². The van der Waals surface area contributed by atoms with Crippen molar-refractivity contribution in [3.8, 4) is 0 Å². The van der Waals surface area contributed by atoms with Crippen LogP contribution >= 0.6 is 7.82 Å². The van der Waals surface area contributed by atoms with E-state index in [0.717, 1.165) is 12.1 Å². The van der Waals surface area contributed by atoms with Gasteiger partial charge in [0.25, 0.3) is 11.7 Å². The summed E-state index contributed by atoms with van der Waals surface area (Å²) in [6.45, 7) is 5.15. The van der Waals surface area contributed by atoms with Gasteiger partial charge in [0.15, 0.2) is 5.60 Å². The number of carbonyl (C=O) groups is 1. The molecule has 0 radical (unpaired) electrons. The van der Waals surface area contributed by atoms with Gasteiger partial charge >= 0.3 is 13.7 Å². The van der Waals surface area contributed by atoms with Crippen LogP contribution in [0.5, 0.6) is 0 Å². The molecule has 1 aromatic rings. The van der Waals surface area contributed by atoms with Gasteiger partial charge in [0.2, 0.25) is 0 Å². The lowest BCUT2D eigenvalue weighted by atomic mass is 9.83. The molecule has 8 rings (SSSR count).